The predicted molar refractivity (Wildman–Crippen MR) is 110 cm³/mol. The van der Waals surface area contributed by atoms with Gasteiger partial charge in [0.2, 0.25) is 15.9 Å². The Balaban J connectivity index is 1.61. The van der Waals surface area contributed by atoms with Crippen molar-refractivity contribution in [2.75, 3.05) is 20.2 Å². The number of benzene rings is 1. The highest BCUT2D eigenvalue weighted by atomic mass is 32.2. The van der Waals surface area contributed by atoms with Gasteiger partial charge < -0.3 is 9.64 Å². The third-order valence-corrected chi connectivity index (χ3v) is 8.27. The smallest absolute Gasteiger partial charge is 0.223 e. The lowest BCUT2D eigenvalue weighted by molar-refractivity contribution is -0.129. The molecule has 1 aromatic carbocycles. The molecule has 0 aromatic heterocycles. The van der Waals surface area contributed by atoms with Crippen molar-refractivity contribution >= 4 is 15.9 Å². The number of nitrogens with one attached hydrogen (secondary N) is 1. The van der Waals surface area contributed by atoms with Crippen LogP contribution in [-0.2, 0) is 21.2 Å². The topological polar surface area (TPSA) is 75.7 Å². The zero-order valence-corrected chi connectivity index (χ0v) is 18.0. The van der Waals surface area contributed by atoms with Gasteiger partial charge in [0.25, 0.3) is 0 Å². The third-order valence-electron chi connectivity index (χ3n) is 6.46. The van der Waals surface area contributed by atoms with E-state index in [1.54, 1.807) is 21.0 Å². The molecule has 28 heavy (non-hydrogen) atoms. The van der Waals surface area contributed by atoms with Crippen LogP contribution in [0.25, 0.3) is 0 Å². The minimum atomic E-state index is -3.28. The Hall–Kier alpha value is -1.60. The molecule has 156 valence electrons. The summed E-state index contributed by atoms with van der Waals surface area (Å²) >= 11 is 0. The second-order valence-corrected chi connectivity index (χ2v) is 10.8. The summed E-state index contributed by atoms with van der Waals surface area (Å²) in [6, 6.07) is 8.20. The van der Waals surface area contributed by atoms with E-state index in [0.29, 0.717) is 25.4 Å². The molecule has 1 saturated heterocycles. The molecule has 1 aromatic rings. The van der Waals surface area contributed by atoms with E-state index in [-0.39, 0.29) is 23.8 Å². The number of ether oxygens (including phenoxy) is 1. The van der Waals surface area contributed by atoms with Crippen molar-refractivity contribution in [1.29, 1.82) is 0 Å². The van der Waals surface area contributed by atoms with E-state index in [1.165, 1.54) is 5.56 Å². The van der Waals surface area contributed by atoms with Crippen LogP contribution in [0.1, 0.15) is 39.2 Å². The molecule has 3 rings (SSSR count). The molecule has 0 spiro atoms. The maximum absolute atomic E-state index is 12.6. The van der Waals surface area contributed by atoms with Crippen LogP contribution >= 0.6 is 0 Å². The normalized spacial score (nSPS) is 27.5. The van der Waals surface area contributed by atoms with Crippen LogP contribution in [0.2, 0.25) is 0 Å². The molecule has 1 amide bonds. The fourth-order valence-corrected chi connectivity index (χ4v) is 5.41. The van der Waals surface area contributed by atoms with E-state index in [4.69, 9.17) is 4.74 Å². The first-order valence-electron chi connectivity index (χ1n) is 10.1. The van der Waals surface area contributed by atoms with Crippen molar-refractivity contribution in [3.05, 3.63) is 29.8 Å². The predicted octanol–water partition coefficient (Wildman–Crippen LogP) is 2.44. The number of hydrogen-bond donors (Lipinski definition) is 1. The molecular formula is C21H32N2O4S. The Morgan fingerprint density at radius 2 is 1.93 bits per heavy atom. The summed E-state index contributed by atoms with van der Waals surface area (Å²) in [7, 11) is -1.63. The SMILES string of the molecule is COc1ccc(CCN2C(=O)C[C@H]3[C@H](CNS(=O)(=O)C(C)C)[C@@H](C)C[C@H]32)cc1. The number of fused-ring (bicyclic) bond motifs is 1. The van der Waals surface area contributed by atoms with Gasteiger partial charge in [-0.3, -0.25) is 4.79 Å². The summed E-state index contributed by atoms with van der Waals surface area (Å²) in [5.74, 6) is 1.90. The zero-order valence-electron chi connectivity index (χ0n) is 17.2. The number of carbonyl (C=O) groups is 1. The van der Waals surface area contributed by atoms with Gasteiger partial charge in [0.15, 0.2) is 0 Å². The maximum atomic E-state index is 12.6. The van der Waals surface area contributed by atoms with Crippen molar-refractivity contribution in [2.24, 2.45) is 17.8 Å². The number of amides is 1. The lowest BCUT2D eigenvalue weighted by Crippen LogP contribution is -2.37. The monoisotopic (exact) mass is 408 g/mol. The van der Waals surface area contributed by atoms with Gasteiger partial charge in [0, 0.05) is 25.6 Å². The van der Waals surface area contributed by atoms with Crippen molar-refractivity contribution in [1.82, 2.24) is 9.62 Å². The minimum absolute atomic E-state index is 0.201. The highest BCUT2D eigenvalue weighted by Crippen LogP contribution is 2.45. The average molecular weight is 409 g/mol. The van der Waals surface area contributed by atoms with E-state index in [1.807, 2.05) is 29.2 Å². The molecule has 0 bridgehead atoms. The van der Waals surface area contributed by atoms with Crippen molar-refractivity contribution in [2.45, 2.75) is 51.3 Å². The average Bonchev–Trinajstić information content (AvgIpc) is 3.11. The number of nitrogens with zero attached hydrogens (tertiary/aromatic N) is 1. The molecule has 4 atom stereocenters. The second kappa shape index (κ2) is 8.41. The summed E-state index contributed by atoms with van der Waals surface area (Å²) < 4.78 is 32.2. The molecule has 0 radical (unpaired) electrons. The van der Waals surface area contributed by atoms with Crippen LogP contribution in [-0.4, -0.2) is 50.7 Å². The number of methoxy groups -OCH3 is 1. The van der Waals surface area contributed by atoms with Gasteiger partial charge in [-0.05, 0) is 62.1 Å². The molecule has 1 heterocycles. The maximum Gasteiger partial charge on any atom is 0.223 e. The van der Waals surface area contributed by atoms with Gasteiger partial charge >= 0.3 is 0 Å². The Bertz CT molecular complexity index is 791. The van der Waals surface area contributed by atoms with E-state index in [9.17, 15) is 13.2 Å². The number of sulfonamides is 1. The number of rotatable bonds is 8. The highest BCUT2D eigenvalue weighted by molar-refractivity contribution is 7.90. The van der Waals surface area contributed by atoms with Crippen LogP contribution < -0.4 is 9.46 Å². The first kappa shape index (κ1) is 21.1. The highest BCUT2D eigenvalue weighted by Gasteiger charge is 2.50. The van der Waals surface area contributed by atoms with Gasteiger partial charge in [-0.25, -0.2) is 13.1 Å². The number of hydrogen-bond acceptors (Lipinski definition) is 4. The zero-order chi connectivity index (χ0) is 20.5. The molecule has 7 heteroatoms. The summed E-state index contributed by atoms with van der Waals surface area (Å²) in [5.41, 5.74) is 1.18. The van der Waals surface area contributed by atoms with E-state index in [0.717, 1.165) is 18.6 Å². The fourth-order valence-electron chi connectivity index (χ4n) is 4.65. The molecule has 1 saturated carbocycles. The molecule has 1 N–H and O–H groups in total. The van der Waals surface area contributed by atoms with Crippen molar-refractivity contribution in [3.8, 4) is 5.75 Å². The third kappa shape index (κ3) is 4.35. The first-order valence-corrected chi connectivity index (χ1v) is 11.7. The van der Waals surface area contributed by atoms with E-state index in [2.05, 4.69) is 11.6 Å². The molecule has 2 fully saturated rings. The Morgan fingerprint density at radius 3 is 2.54 bits per heavy atom. The van der Waals surface area contributed by atoms with Gasteiger partial charge in [0.05, 0.1) is 12.4 Å². The van der Waals surface area contributed by atoms with Crippen LogP contribution in [0.4, 0.5) is 0 Å². The van der Waals surface area contributed by atoms with E-state index >= 15 is 0 Å². The summed E-state index contributed by atoms with van der Waals surface area (Å²) in [5, 5.41) is -0.439. The lowest BCUT2D eigenvalue weighted by Gasteiger charge is -2.25. The molecule has 1 aliphatic heterocycles. The lowest BCUT2D eigenvalue weighted by atomic mass is 9.89. The standard InChI is InChI=1S/C21H32N2O4S/c1-14(2)28(25,26)22-13-19-15(3)11-20-18(19)12-21(24)23(20)10-9-16-5-7-17(27-4)8-6-16/h5-8,14-15,18-20,22H,9-13H2,1-4H3/t15-,18-,19+,20+/m0/s1. The minimum Gasteiger partial charge on any atom is -0.497 e. The van der Waals surface area contributed by atoms with Crippen molar-refractivity contribution < 1.29 is 17.9 Å². The van der Waals surface area contributed by atoms with Gasteiger partial charge in [-0.2, -0.15) is 0 Å². The number of likely N-dealkylation sites (tertiary alicyclic amines) is 1. The van der Waals surface area contributed by atoms with Crippen LogP contribution in [0.3, 0.4) is 0 Å². The van der Waals surface area contributed by atoms with Gasteiger partial charge in [0.1, 0.15) is 5.75 Å². The molecule has 6 nitrogen and oxygen atoms in total. The molecule has 2 aliphatic rings. The first-order chi connectivity index (χ1) is 13.2. The van der Waals surface area contributed by atoms with Gasteiger partial charge in [-0.15, -0.1) is 0 Å². The molecular weight excluding hydrogens is 376 g/mol. The number of carbonyl (C=O) groups excluding carboxylic acids is 1. The van der Waals surface area contributed by atoms with E-state index < -0.39 is 15.3 Å². The Labute approximate surface area is 168 Å². The molecule has 0 unspecified atom stereocenters. The summed E-state index contributed by atoms with van der Waals surface area (Å²) in [6.07, 6.45) is 2.30. The van der Waals surface area contributed by atoms with Crippen LogP contribution in [0.15, 0.2) is 24.3 Å². The van der Waals surface area contributed by atoms with Gasteiger partial charge in [-0.1, -0.05) is 19.1 Å². The largest absolute Gasteiger partial charge is 0.497 e. The fraction of sp³-hybridized carbons (Fsp3) is 0.667. The second-order valence-electron chi connectivity index (χ2n) is 8.44. The Morgan fingerprint density at radius 1 is 1.25 bits per heavy atom. The quantitative estimate of drug-likeness (QED) is 0.717. The van der Waals surface area contributed by atoms with Crippen molar-refractivity contribution in [3.63, 3.8) is 0 Å². The summed E-state index contributed by atoms with van der Waals surface area (Å²) in [6.45, 7) is 6.69. The van der Waals surface area contributed by atoms with Crippen LogP contribution in [0.5, 0.6) is 5.75 Å². The molecule has 1 aliphatic carbocycles. The Kier molecular flexibility index (Phi) is 6.34. The van der Waals surface area contributed by atoms with Crippen LogP contribution in [0, 0.1) is 17.8 Å². The summed E-state index contributed by atoms with van der Waals surface area (Å²) in [4.78, 5) is 14.7.